The quantitative estimate of drug-likeness (QED) is 0.627. The van der Waals surface area contributed by atoms with E-state index in [1.165, 1.54) is 0 Å². The number of carbonyl (C=O) groups is 2. The predicted octanol–water partition coefficient (Wildman–Crippen LogP) is 4.18. The molecule has 0 saturated heterocycles. The highest BCUT2D eigenvalue weighted by Crippen LogP contribution is 2.14. The van der Waals surface area contributed by atoms with Gasteiger partial charge >= 0.3 is 0 Å². The number of unbranched alkanes of at least 4 members (excludes halogenated alkanes) is 1. The second-order valence-electron chi connectivity index (χ2n) is 6.29. The molecule has 6 heteroatoms. The zero-order valence-corrected chi connectivity index (χ0v) is 16.4. The molecule has 5 nitrogen and oxygen atoms in total. The first-order valence-electron chi connectivity index (χ1n) is 9.06. The monoisotopic (exact) mass is 383 g/mol. The van der Waals surface area contributed by atoms with Gasteiger partial charge in [-0.3, -0.25) is 9.59 Å². The molecule has 1 atom stereocenters. The van der Waals surface area contributed by atoms with Crippen LogP contribution < -0.4 is 16.0 Å². The SMILES string of the molecule is CCCCC(=O)NC(=S)Nc1ccc(C(=O)NC(C)c2ccccc2)cc1. The predicted molar refractivity (Wildman–Crippen MR) is 113 cm³/mol. The van der Waals surface area contributed by atoms with Crippen molar-refractivity contribution in [3.63, 3.8) is 0 Å². The number of nitrogens with one attached hydrogen (secondary N) is 3. The van der Waals surface area contributed by atoms with Crippen molar-refractivity contribution in [2.24, 2.45) is 0 Å². The van der Waals surface area contributed by atoms with Crippen LogP contribution in [-0.4, -0.2) is 16.9 Å². The van der Waals surface area contributed by atoms with Crippen molar-refractivity contribution in [1.29, 1.82) is 0 Å². The summed E-state index contributed by atoms with van der Waals surface area (Å²) >= 11 is 5.14. The van der Waals surface area contributed by atoms with Crippen LogP contribution in [0.3, 0.4) is 0 Å². The van der Waals surface area contributed by atoms with Gasteiger partial charge in [-0.2, -0.15) is 0 Å². The molecule has 0 fully saturated rings. The average Bonchev–Trinajstić information content (AvgIpc) is 2.67. The number of amides is 2. The summed E-state index contributed by atoms with van der Waals surface area (Å²) in [6, 6.07) is 16.7. The average molecular weight is 384 g/mol. The van der Waals surface area contributed by atoms with Crippen molar-refractivity contribution >= 4 is 34.8 Å². The Labute approximate surface area is 165 Å². The second kappa shape index (κ2) is 10.4. The van der Waals surface area contributed by atoms with Crippen LogP contribution in [0.15, 0.2) is 54.6 Å². The Morgan fingerprint density at radius 3 is 2.33 bits per heavy atom. The minimum Gasteiger partial charge on any atom is -0.346 e. The molecule has 142 valence electrons. The van der Waals surface area contributed by atoms with Crippen molar-refractivity contribution in [2.75, 3.05) is 5.32 Å². The van der Waals surface area contributed by atoms with Crippen LogP contribution in [0.4, 0.5) is 5.69 Å². The van der Waals surface area contributed by atoms with Gasteiger partial charge in [0.2, 0.25) is 5.91 Å². The summed E-state index contributed by atoms with van der Waals surface area (Å²) in [7, 11) is 0. The van der Waals surface area contributed by atoms with Gasteiger partial charge in [0.05, 0.1) is 6.04 Å². The Balaban J connectivity index is 1.87. The maximum absolute atomic E-state index is 12.4. The summed E-state index contributed by atoms with van der Waals surface area (Å²) in [4.78, 5) is 24.1. The van der Waals surface area contributed by atoms with E-state index in [0.717, 1.165) is 18.4 Å². The van der Waals surface area contributed by atoms with Gasteiger partial charge in [0, 0.05) is 17.7 Å². The summed E-state index contributed by atoms with van der Waals surface area (Å²) < 4.78 is 0. The Morgan fingerprint density at radius 2 is 1.70 bits per heavy atom. The number of carbonyl (C=O) groups excluding carboxylic acids is 2. The molecule has 0 heterocycles. The molecule has 2 rings (SSSR count). The van der Waals surface area contributed by atoms with Crippen molar-refractivity contribution in [2.45, 2.75) is 39.2 Å². The highest BCUT2D eigenvalue weighted by Gasteiger charge is 2.11. The van der Waals surface area contributed by atoms with Gasteiger partial charge in [-0.1, -0.05) is 43.7 Å². The Kier molecular flexibility index (Phi) is 7.95. The van der Waals surface area contributed by atoms with Gasteiger partial charge in [-0.25, -0.2) is 0 Å². The van der Waals surface area contributed by atoms with E-state index < -0.39 is 0 Å². The first-order chi connectivity index (χ1) is 13.0. The first-order valence-corrected chi connectivity index (χ1v) is 9.47. The van der Waals surface area contributed by atoms with Crippen LogP contribution in [0.5, 0.6) is 0 Å². The topological polar surface area (TPSA) is 70.2 Å². The number of hydrogen-bond acceptors (Lipinski definition) is 3. The Bertz CT molecular complexity index is 776. The fraction of sp³-hybridized carbons (Fsp3) is 0.286. The van der Waals surface area contributed by atoms with Crippen molar-refractivity contribution in [1.82, 2.24) is 10.6 Å². The van der Waals surface area contributed by atoms with Gasteiger partial charge in [0.15, 0.2) is 5.11 Å². The van der Waals surface area contributed by atoms with E-state index in [1.807, 2.05) is 44.2 Å². The number of rotatable bonds is 7. The molecule has 0 bridgehead atoms. The Hall–Kier alpha value is -2.73. The van der Waals surface area contributed by atoms with Crippen LogP contribution in [0.1, 0.15) is 55.1 Å². The van der Waals surface area contributed by atoms with Crippen molar-refractivity contribution < 1.29 is 9.59 Å². The van der Waals surface area contributed by atoms with Crippen LogP contribution in [-0.2, 0) is 4.79 Å². The molecule has 0 saturated carbocycles. The van der Waals surface area contributed by atoms with E-state index in [1.54, 1.807) is 24.3 Å². The summed E-state index contributed by atoms with van der Waals surface area (Å²) in [6.07, 6.45) is 2.25. The van der Waals surface area contributed by atoms with Gasteiger partial charge < -0.3 is 16.0 Å². The third-order valence-corrected chi connectivity index (χ3v) is 4.27. The first kappa shape index (κ1) is 20.6. The molecule has 2 amide bonds. The maximum atomic E-state index is 12.4. The molecule has 3 N–H and O–H groups in total. The largest absolute Gasteiger partial charge is 0.346 e. The third kappa shape index (κ3) is 6.83. The number of anilines is 1. The summed E-state index contributed by atoms with van der Waals surface area (Å²) in [6.45, 7) is 3.98. The summed E-state index contributed by atoms with van der Waals surface area (Å²) in [5, 5.41) is 8.83. The lowest BCUT2D eigenvalue weighted by Gasteiger charge is -2.15. The van der Waals surface area contributed by atoms with Crippen LogP contribution >= 0.6 is 12.2 Å². The van der Waals surface area contributed by atoms with Gasteiger partial charge in [-0.15, -0.1) is 0 Å². The minimum absolute atomic E-state index is 0.0811. The van der Waals surface area contributed by atoms with E-state index in [0.29, 0.717) is 17.7 Å². The molecule has 1 unspecified atom stereocenters. The van der Waals surface area contributed by atoms with Crippen LogP contribution in [0.2, 0.25) is 0 Å². The van der Waals surface area contributed by atoms with Crippen molar-refractivity contribution in [3.05, 3.63) is 65.7 Å². The zero-order chi connectivity index (χ0) is 19.6. The molecule has 27 heavy (non-hydrogen) atoms. The standard InChI is InChI=1S/C21H25N3O2S/c1-3-4-10-19(25)24-21(27)23-18-13-11-17(12-14-18)20(26)22-15(2)16-8-6-5-7-9-16/h5-9,11-15H,3-4,10H2,1-2H3,(H,22,26)(H2,23,24,25,27). The maximum Gasteiger partial charge on any atom is 0.251 e. The number of benzene rings is 2. The molecule has 0 aliphatic rings. The van der Waals surface area contributed by atoms with Gasteiger partial charge in [0.25, 0.3) is 5.91 Å². The number of hydrogen-bond donors (Lipinski definition) is 3. The minimum atomic E-state index is -0.145. The molecule has 0 aliphatic carbocycles. The molecular formula is C21H25N3O2S. The lowest BCUT2D eigenvalue weighted by molar-refractivity contribution is -0.119. The highest BCUT2D eigenvalue weighted by molar-refractivity contribution is 7.80. The molecular weight excluding hydrogens is 358 g/mol. The number of thiocarbonyl (C=S) groups is 1. The van der Waals surface area contributed by atoms with E-state index in [9.17, 15) is 9.59 Å². The van der Waals surface area contributed by atoms with E-state index in [4.69, 9.17) is 12.2 Å². The normalized spacial score (nSPS) is 11.3. The second-order valence-corrected chi connectivity index (χ2v) is 6.70. The fourth-order valence-corrected chi connectivity index (χ4v) is 2.73. The molecule has 0 spiro atoms. The van der Waals surface area contributed by atoms with Gasteiger partial charge in [-0.05, 0) is 55.4 Å². The van der Waals surface area contributed by atoms with Gasteiger partial charge in [0.1, 0.15) is 0 Å². The lowest BCUT2D eigenvalue weighted by atomic mass is 10.1. The van der Waals surface area contributed by atoms with Crippen LogP contribution in [0, 0.1) is 0 Å². The lowest BCUT2D eigenvalue weighted by Crippen LogP contribution is -2.33. The third-order valence-electron chi connectivity index (χ3n) is 4.06. The summed E-state index contributed by atoms with van der Waals surface area (Å²) in [5.74, 6) is -0.242. The molecule has 2 aromatic rings. The Morgan fingerprint density at radius 1 is 1.04 bits per heavy atom. The molecule has 2 aromatic carbocycles. The fourth-order valence-electron chi connectivity index (χ4n) is 2.50. The highest BCUT2D eigenvalue weighted by atomic mass is 32.1. The molecule has 0 radical (unpaired) electrons. The smallest absolute Gasteiger partial charge is 0.251 e. The summed E-state index contributed by atoms with van der Waals surface area (Å²) in [5.41, 5.74) is 2.32. The van der Waals surface area contributed by atoms with E-state index in [2.05, 4.69) is 16.0 Å². The zero-order valence-electron chi connectivity index (χ0n) is 15.6. The van der Waals surface area contributed by atoms with Crippen molar-refractivity contribution in [3.8, 4) is 0 Å². The molecule has 0 aliphatic heterocycles. The van der Waals surface area contributed by atoms with E-state index >= 15 is 0 Å². The van der Waals surface area contributed by atoms with Crippen LogP contribution in [0.25, 0.3) is 0 Å². The van der Waals surface area contributed by atoms with E-state index in [-0.39, 0.29) is 23.0 Å². The molecule has 0 aromatic heterocycles.